The first-order valence-corrected chi connectivity index (χ1v) is 8.20. The first kappa shape index (κ1) is 13.4. The molecule has 0 aromatic heterocycles. The fourth-order valence-corrected chi connectivity index (χ4v) is 3.88. The number of hydrogen-bond donors (Lipinski definition) is 1. The highest BCUT2D eigenvalue weighted by molar-refractivity contribution is 9.10. The second-order valence-electron chi connectivity index (χ2n) is 5.81. The Morgan fingerprint density at radius 2 is 2.00 bits per heavy atom. The Morgan fingerprint density at radius 3 is 2.74 bits per heavy atom. The minimum absolute atomic E-state index is 0.388. The highest BCUT2D eigenvalue weighted by Gasteiger charge is 2.33. The molecule has 104 valence electrons. The number of rotatable bonds is 2. The maximum Gasteiger partial charge on any atom is 0.125 e. The van der Waals surface area contributed by atoms with Crippen molar-refractivity contribution in [3.63, 3.8) is 0 Å². The van der Waals surface area contributed by atoms with Crippen LogP contribution in [0.4, 0.5) is 0 Å². The maximum atomic E-state index is 6.31. The molecule has 0 saturated heterocycles. The van der Waals surface area contributed by atoms with Crippen LogP contribution in [0.25, 0.3) is 0 Å². The lowest BCUT2D eigenvalue weighted by Crippen LogP contribution is -2.37. The van der Waals surface area contributed by atoms with Gasteiger partial charge in [-0.2, -0.15) is 0 Å². The lowest BCUT2D eigenvalue weighted by atomic mass is 9.81. The molecule has 2 atom stereocenters. The van der Waals surface area contributed by atoms with Gasteiger partial charge in [-0.15, -0.1) is 0 Å². The smallest absolute Gasteiger partial charge is 0.125 e. The van der Waals surface area contributed by atoms with E-state index in [0.29, 0.717) is 12.1 Å². The fraction of sp³-hybridized carbons (Fsp3) is 0.625. The van der Waals surface area contributed by atoms with Crippen LogP contribution in [0.1, 0.15) is 50.1 Å². The standard InChI is InChI=1S/C16H22BrNO/c1-18-14-10-15(11-5-3-2-4-6-11)19-16-9-12(17)7-8-13(14)16/h7-9,11,14-15,18H,2-6,10H2,1H3. The van der Waals surface area contributed by atoms with Crippen LogP contribution in [0.2, 0.25) is 0 Å². The molecule has 0 radical (unpaired) electrons. The van der Waals surface area contributed by atoms with Crippen LogP contribution in [0, 0.1) is 5.92 Å². The van der Waals surface area contributed by atoms with Gasteiger partial charge in [0.1, 0.15) is 11.9 Å². The Kier molecular flexibility index (Phi) is 4.13. The van der Waals surface area contributed by atoms with Crippen LogP contribution < -0.4 is 10.1 Å². The van der Waals surface area contributed by atoms with Gasteiger partial charge in [0.25, 0.3) is 0 Å². The Bertz CT molecular complexity index is 442. The minimum Gasteiger partial charge on any atom is -0.490 e. The van der Waals surface area contributed by atoms with Crippen molar-refractivity contribution in [1.82, 2.24) is 5.32 Å². The highest BCUT2D eigenvalue weighted by Crippen LogP contribution is 2.41. The summed E-state index contributed by atoms with van der Waals surface area (Å²) in [7, 11) is 2.06. The van der Waals surface area contributed by atoms with E-state index >= 15 is 0 Å². The molecule has 2 unspecified atom stereocenters. The van der Waals surface area contributed by atoms with E-state index in [1.807, 2.05) is 0 Å². The van der Waals surface area contributed by atoms with Crippen molar-refractivity contribution in [1.29, 1.82) is 0 Å². The topological polar surface area (TPSA) is 21.3 Å². The Morgan fingerprint density at radius 1 is 1.21 bits per heavy atom. The molecule has 1 aromatic rings. The van der Waals surface area contributed by atoms with E-state index in [-0.39, 0.29) is 0 Å². The third-order valence-corrected chi connectivity index (χ3v) is 5.11. The number of fused-ring (bicyclic) bond motifs is 1. The van der Waals surface area contributed by atoms with Crippen molar-refractivity contribution in [2.75, 3.05) is 7.05 Å². The first-order chi connectivity index (χ1) is 9.28. The third-order valence-electron chi connectivity index (χ3n) is 4.62. The number of hydrogen-bond acceptors (Lipinski definition) is 2. The van der Waals surface area contributed by atoms with Gasteiger partial charge in [-0.1, -0.05) is 41.3 Å². The quantitative estimate of drug-likeness (QED) is 0.868. The predicted octanol–water partition coefficient (Wildman–Crippen LogP) is 4.44. The van der Waals surface area contributed by atoms with E-state index in [9.17, 15) is 0 Å². The van der Waals surface area contributed by atoms with Crippen LogP contribution in [-0.4, -0.2) is 13.2 Å². The van der Waals surface area contributed by atoms with Crippen LogP contribution in [-0.2, 0) is 0 Å². The van der Waals surface area contributed by atoms with Crippen LogP contribution in [0.5, 0.6) is 5.75 Å². The van der Waals surface area contributed by atoms with Crippen LogP contribution in [0.15, 0.2) is 22.7 Å². The van der Waals surface area contributed by atoms with E-state index in [0.717, 1.165) is 22.6 Å². The summed E-state index contributed by atoms with van der Waals surface area (Å²) in [4.78, 5) is 0. The molecule has 1 aliphatic heterocycles. The van der Waals surface area contributed by atoms with Gasteiger partial charge in [0.2, 0.25) is 0 Å². The maximum absolute atomic E-state index is 6.31. The lowest BCUT2D eigenvalue weighted by Gasteiger charge is -2.38. The SMILES string of the molecule is CNC1CC(C2CCCCC2)Oc2cc(Br)ccc21. The third kappa shape index (κ3) is 2.82. The molecule has 0 bridgehead atoms. The molecule has 2 aliphatic rings. The van der Waals surface area contributed by atoms with Gasteiger partial charge in [-0.05, 0) is 37.9 Å². The van der Waals surface area contributed by atoms with Crippen molar-refractivity contribution in [3.8, 4) is 5.75 Å². The minimum atomic E-state index is 0.388. The summed E-state index contributed by atoms with van der Waals surface area (Å²) >= 11 is 3.55. The zero-order valence-corrected chi connectivity index (χ0v) is 13.1. The van der Waals surface area contributed by atoms with Crippen molar-refractivity contribution in [3.05, 3.63) is 28.2 Å². The molecule has 1 aromatic carbocycles. The number of benzene rings is 1. The zero-order chi connectivity index (χ0) is 13.2. The van der Waals surface area contributed by atoms with Crippen molar-refractivity contribution in [2.45, 2.75) is 50.7 Å². The molecule has 3 heteroatoms. The van der Waals surface area contributed by atoms with E-state index in [1.165, 1.54) is 37.7 Å². The summed E-state index contributed by atoms with van der Waals surface area (Å²) in [5.41, 5.74) is 1.30. The molecular formula is C16H22BrNO. The summed E-state index contributed by atoms with van der Waals surface area (Å²) < 4.78 is 7.42. The summed E-state index contributed by atoms with van der Waals surface area (Å²) in [5.74, 6) is 1.81. The van der Waals surface area contributed by atoms with Crippen LogP contribution in [0.3, 0.4) is 0 Å². The predicted molar refractivity (Wildman–Crippen MR) is 81.6 cm³/mol. The Balaban J connectivity index is 1.83. The van der Waals surface area contributed by atoms with Crippen molar-refractivity contribution >= 4 is 15.9 Å². The molecule has 1 N–H and O–H groups in total. The largest absolute Gasteiger partial charge is 0.490 e. The molecular weight excluding hydrogens is 302 g/mol. The summed E-state index contributed by atoms with van der Waals surface area (Å²) in [6, 6.07) is 6.84. The summed E-state index contributed by atoms with van der Waals surface area (Å²) in [6.45, 7) is 0. The van der Waals surface area contributed by atoms with E-state index < -0.39 is 0 Å². The second kappa shape index (κ2) is 5.84. The molecule has 1 heterocycles. The lowest BCUT2D eigenvalue weighted by molar-refractivity contribution is 0.0739. The fourth-order valence-electron chi connectivity index (χ4n) is 3.54. The van der Waals surface area contributed by atoms with E-state index in [4.69, 9.17) is 4.74 Å². The molecule has 3 rings (SSSR count). The molecule has 0 amide bonds. The van der Waals surface area contributed by atoms with Crippen LogP contribution >= 0.6 is 15.9 Å². The first-order valence-electron chi connectivity index (χ1n) is 7.41. The Labute approximate surface area is 124 Å². The molecule has 1 fully saturated rings. The molecule has 0 spiro atoms. The molecule has 1 saturated carbocycles. The zero-order valence-electron chi connectivity index (χ0n) is 11.5. The van der Waals surface area contributed by atoms with Gasteiger partial charge in [-0.25, -0.2) is 0 Å². The highest BCUT2D eigenvalue weighted by atomic mass is 79.9. The van der Waals surface area contributed by atoms with Gasteiger partial charge < -0.3 is 10.1 Å². The van der Waals surface area contributed by atoms with E-state index in [1.54, 1.807) is 0 Å². The van der Waals surface area contributed by atoms with Gasteiger partial charge >= 0.3 is 0 Å². The summed E-state index contributed by atoms with van der Waals surface area (Å²) in [5, 5.41) is 3.45. The van der Waals surface area contributed by atoms with Gasteiger partial charge in [0.05, 0.1) is 0 Å². The van der Waals surface area contributed by atoms with Gasteiger partial charge in [-0.3, -0.25) is 0 Å². The Hall–Kier alpha value is -0.540. The average molecular weight is 324 g/mol. The van der Waals surface area contributed by atoms with E-state index in [2.05, 4.69) is 46.5 Å². The van der Waals surface area contributed by atoms with Gasteiger partial charge in [0, 0.05) is 22.5 Å². The van der Waals surface area contributed by atoms with Crippen molar-refractivity contribution in [2.24, 2.45) is 5.92 Å². The molecule has 19 heavy (non-hydrogen) atoms. The molecule has 1 aliphatic carbocycles. The molecule has 2 nitrogen and oxygen atoms in total. The monoisotopic (exact) mass is 323 g/mol. The van der Waals surface area contributed by atoms with Gasteiger partial charge in [0.15, 0.2) is 0 Å². The normalized spacial score (nSPS) is 27.7. The second-order valence-corrected chi connectivity index (χ2v) is 6.73. The number of ether oxygens (including phenoxy) is 1. The summed E-state index contributed by atoms with van der Waals surface area (Å²) in [6.07, 6.45) is 8.32. The number of nitrogens with one attached hydrogen (secondary N) is 1. The van der Waals surface area contributed by atoms with Crippen molar-refractivity contribution < 1.29 is 4.74 Å². The average Bonchev–Trinajstić information content (AvgIpc) is 2.46. The number of halogens is 1.